The Kier molecular flexibility index (Phi) is 4.77. The van der Waals surface area contributed by atoms with Crippen molar-refractivity contribution < 1.29 is 41.1 Å². The molecule has 0 aliphatic carbocycles. The molecule has 0 atom stereocenters. The smallest absolute Gasteiger partial charge is 0.0645 e. The highest BCUT2D eigenvalue weighted by molar-refractivity contribution is 6.10. The van der Waals surface area contributed by atoms with E-state index in [0.717, 1.165) is 27.4 Å². The molecule has 2 heteroatoms. The first-order valence-corrected chi connectivity index (χ1v) is 20.2. The van der Waals surface area contributed by atoms with Gasteiger partial charge in [0.15, 0.2) is 0 Å². The third-order valence-corrected chi connectivity index (χ3v) is 10.7. The van der Waals surface area contributed by atoms with E-state index in [1.807, 2.05) is 71.3 Å². The minimum Gasteiger partial charge on any atom is -0.311 e. The van der Waals surface area contributed by atoms with Gasteiger partial charge in [0, 0.05) is 33.5 Å². The van der Waals surface area contributed by atoms with E-state index in [1.54, 1.807) is 18.2 Å². The van der Waals surface area contributed by atoms with Crippen molar-refractivity contribution in [1.29, 1.82) is 0 Å². The van der Waals surface area contributed by atoms with Crippen LogP contribution < -0.4 is 4.90 Å². The van der Waals surface area contributed by atoms with Crippen molar-refractivity contribution in [3.8, 4) is 61.3 Å². The van der Waals surface area contributed by atoms with Gasteiger partial charge in [0.2, 0.25) is 0 Å². The van der Waals surface area contributed by atoms with Crippen molar-refractivity contribution in [2.45, 2.75) is 0 Å². The highest BCUT2D eigenvalue weighted by Crippen LogP contribution is 2.40. The molecule has 12 rings (SSSR count). The summed E-state index contributed by atoms with van der Waals surface area (Å²) in [5.74, 6) is 0. The number of benzene rings is 11. The Bertz CT molecular complexity index is 5330. The van der Waals surface area contributed by atoms with E-state index in [2.05, 4.69) is 0 Å². The molecule has 0 radical (unpaired) electrons. The zero-order chi connectivity index (χ0) is 69.9. The second-order valence-corrected chi connectivity index (χ2v) is 14.6. The maximum Gasteiger partial charge on any atom is 0.0645 e. The molecule has 0 unspecified atom stereocenters. The topological polar surface area (TPSA) is 8.17 Å². The van der Waals surface area contributed by atoms with Crippen molar-refractivity contribution in [1.82, 2.24) is 4.57 Å². The van der Waals surface area contributed by atoms with E-state index in [9.17, 15) is 20.6 Å². The van der Waals surface area contributed by atoms with Gasteiger partial charge in [-0.1, -0.05) is 194 Å². The summed E-state index contributed by atoms with van der Waals surface area (Å²) in [5, 5.41) is 3.29. The Balaban J connectivity index is 1.13. The molecule has 66 heavy (non-hydrogen) atoms. The standard InChI is InChI=1S/C64H44N2/c1-3-12-45(13-4-1)48-22-24-49(25-23-48)50-26-34-57(35-27-50)65(58-36-28-51(29-37-58)54-19-11-18-53(42-54)46-14-5-2-6-15-46)59-38-30-52(31-39-59)56-33-41-64-62(44-56)61-20-9-10-21-63(61)66(64)60-40-32-47-16-7-8-17-55(47)43-60/h1-44H/i1D,2D,3D,4D,5D,6D,11D,12D,13D,14D,15D,18D,19D,22D,23D,24D,25D,26D,27D,28D,29D,30D,31D,34D,35D,36D,37D,38D,39D,42D. The number of hydrogen-bond acceptors (Lipinski definition) is 1. The van der Waals surface area contributed by atoms with Gasteiger partial charge < -0.3 is 9.47 Å². The zero-order valence-electron chi connectivity index (χ0n) is 64.0. The normalized spacial score (nSPS) is 17.7. The van der Waals surface area contributed by atoms with Gasteiger partial charge in [0.25, 0.3) is 0 Å². The number of fused-ring (bicyclic) bond motifs is 4. The van der Waals surface area contributed by atoms with Gasteiger partial charge in [-0.25, -0.2) is 0 Å². The second-order valence-electron chi connectivity index (χ2n) is 14.6. The highest BCUT2D eigenvalue weighted by atomic mass is 15.1. The maximum atomic E-state index is 9.85. The van der Waals surface area contributed by atoms with E-state index < -0.39 is 243 Å². The van der Waals surface area contributed by atoms with Crippen LogP contribution in [0.25, 0.3) is 93.9 Å². The van der Waals surface area contributed by atoms with E-state index in [-0.39, 0.29) is 11.1 Å². The van der Waals surface area contributed by atoms with Crippen LogP contribution in [-0.2, 0) is 0 Å². The molecule has 1 heterocycles. The summed E-state index contributed by atoms with van der Waals surface area (Å²) < 4.78 is 275. The number of nitrogens with zero attached hydrogens (tertiary/aromatic N) is 2. The molecular formula is C64H44N2. The monoisotopic (exact) mass is 871 g/mol. The Morgan fingerprint density at radius 3 is 1.33 bits per heavy atom. The largest absolute Gasteiger partial charge is 0.311 e. The lowest BCUT2D eigenvalue weighted by molar-refractivity contribution is 1.19. The molecule has 310 valence electrons. The Labute approximate surface area is 427 Å². The first kappa shape index (κ1) is 18.8. The Morgan fingerprint density at radius 2 is 0.742 bits per heavy atom. The molecule has 2 nitrogen and oxygen atoms in total. The molecule has 11 aromatic carbocycles. The van der Waals surface area contributed by atoms with Crippen LogP contribution in [0.1, 0.15) is 41.1 Å². The summed E-state index contributed by atoms with van der Waals surface area (Å²) in [5.41, 5.74) is -8.13. The van der Waals surface area contributed by atoms with Crippen LogP contribution in [0.15, 0.2) is 266 Å². The molecule has 0 saturated heterocycles. The lowest BCUT2D eigenvalue weighted by Crippen LogP contribution is -2.09. The predicted octanol–water partition coefficient (Wildman–Crippen LogP) is 17.7. The van der Waals surface area contributed by atoms with Crippen molar-refractivity contribution in [2.75, 3.05) is 4.90 Å². The van der Waals surface area contributed by atoms with Crippen molar-refractivity contribution in [2.24, 2.45) is 0 Å². The molecule has 0 amide bonds. The Hall–Kier alpha value is -8.72. The first-order chi connectivity index (χ1) is 45.2. The molecular weight excluding hydrogens is 797 g/mol. The number of para-hydroxylation sites is 1. The van der Waals surface area contributed by atoms with Crippen LogP contribution in [-0.4, -0.2) is 4.57 Å². The van der Waals surface area contributed by atoms with Gasteiger partial charge in [0.05, 0.1) is 52.2 Å². The predicted molar refractivity (Wildman–Crippen MR) is 280 cm³/mol. The minimum absolute atomic E-state index is 0.131. The fourth-order valence-electron chi connectivity index (χ4n) is 7.61. The molecule has 12 aromatic rings. The molecule has 1 aromatic heterocycles. The van der Waals surface area contributed by atoms with Crippen LogP contribution in [0.5, 0.6) is 0 Å². The molecule has 0 spiro atoms. The maximum absolute atomic E-state index is 9.85. The average Bonchev–Trinajstić information content (AvgIpc) is 1.19. The highest BCUT2D eigenvalue weighted by Gasteiger charge is 2.17. The van der Waals surface area contributed by atoms with E-state index >= 15 is 0 Å². The molecule has 0 bridgehead atoms. The molecule has 0 aliphatic rings. The van der Waals surface area contributed by atoms with Crippen molar-refractivity contribution in [3.63, 3.8) is 0 Å². The van der Waals surface area contributed by atoms with Crippen molar-refractivity contribution >= 4 is 49.6 Å². The number of hydrogen-bond donors (Lipinski definition) is 0. The first-order valence-electron chi connectivity index (χ1n) is 35.2. The van der Waals surface area contributed by atoms with E-state index in [0.29, 0.717) is 15.8 Å². The quantitative estimate of drug-likeness (QED) is 0.140. The number of rotatable bonds is 9. The van der Waals surface area contributed by atoms with Crippen molar-refractivity contribution in [3.05, 3.63) is 266 Å². The summed E-state index contributed by atoms with van der Waals surface area (Å²) in [6, 6.07) is -5.00. The molecule has 0 N–H and O–H groups in total. The zero-order valence-corrected chi connectivity index (χ0v) is 34.0. The lowest BCUT2D eigenvalue weighted by atomic mass is 9.98. The van der Waals surface area contributed by atoms with E-state index in [4.69, 9.17) is 20.6 Å². The average molecular weight is 871 g/mol. The molecule has 0 aliphatic heterocycles. The van der Waals surface area contributed by atoms with E-state index in [1.165, 1.54) is 0 Å². The summed E-state index contributed by atoms with van der Waals surface area (Å²) in [6.45, 7) is 0. The summed E-state index contributed by atoms with van der Waals surface area (Å²) in [7, 11) is 0. The second kappa shape index (κ2) is 16.8. The third-order valence-electron chi connectivity index (χ3n) is 10.7. The van der Waals surface area contributed by atoms with Crippen LogP contribution >= 0.6 is 0 Å². The number of anilines is 3. The van der Waals surface area contributed by atoms with Gasteiger partial charge in [0.1, 0.15) is 0 Å². The van der Waals surface area contributed by atoms with Gasteiger partial charge >= 0.3 is 0 Å². The van der Waals surface area contributed by atoms with Gasteiger partial charge in [-0.15, -0.1) is 0 Å². The number of aromatic nitrogens is 1. The lowest BCUT2D eigenvalue weighted by Gasteiger charge is -2.26. The van der Waals surface area contributed by atoms with Crippen LogP contribution in [0, 0.1) is 0 Å². The fourth-order valence-corrected chi connectivity index (χ4v) is 7.61. The van der Waals surface area contributed by atoms with Crippen LogP contribution in [0.4, 0.5) is 17.1 Å². The van der Waals surface area contributed by atoms with Crippen LogP contribution in [0.3, 0.4) is 0 Å². The van der Waals surface area contributed by atoms with Gasteiger partial charge in [-0.3, -0.25) is 0 Å². The molecule has 0 saturated carbocycles. The summed E-state index contributed by atoms with van der Waals surface area (Å²) in [6.07, 6.45) is 0. The van der Waals surface area contributed by atoms with Gasteiger partial charge in [-0.2, -0.15) is 0 Å². The summed E-state index contributed by atoms with van der Waals surface area (Å²) in [4.78, 5) is 0.403. The third kappa shape index (κ3) is 7.31. The summed E-state index contributed by atoms with van der Waals surface area (Å²) >= 11 is 0. The van der Waals surface area contributed by atoms with Gasteiger partial charge in [-0.05, 0) is 139 Å². The Morgan fingerprint density at radius 1 is 0.303 bits per heavy atom. The van der Waals surface area contributed by atoms with Crippen LogP contribution in [0.2, 0.25) is 0 Å². The minimum atomic E-state index is -1.27. The fraction of sp³-hybridized carbons (Fsp3) is 0. The molecule has 0 fully saturated rings. The SMILES string of the molecule is [2H]c1c([2H])c([2H])c(-c2c([2H])c([2H])c(-c3c([2H])c([2H])c(N(c4c([2H])c([2H])c(-c5ccc6c(c5)c5ccccc5n6-c5ccc6ccccc6c5)c([2H])c4[2H])c4c([2H])c([2H])c(-c5c([2H])c([2H])c([2H])c(-c6c([2H])c([2H])c([2H])c([2H])c6[2H])c5[2H])c([2H])c4[2H])c([2H])c3[2H])c([2H])c2[2H])c([2H])c1[2H].